The van der Waals surface area contributed by atoms with Crippen molar-refractivity contribution < 1.29 is 28.5 Å². The Bertz CT molecular complexity index is 1490. The van der Waals surface area contributed by atoms with Gasteiger partial charge in [-0.2, -0.15) is 5.10 Å². The number of hydrazone groups is 1. The van der Waals surface area contributed by atoms with E-state index in [0.717, 1.165) is 5.56 Å². The lowest BCUT2D eigenvalue weighted by molar-refractivity contribution is -0.123. The molecule has 0 atom stereocenters. The quantitative estimate of drug-likeness (QED) is 0.0966. The molecule has 10 heteroatoms. The van der Waals surface area contributed by atoms with E-state index in [0.29, 0.717) is 34.4 Å². The second kappa shape index (κ2) is 14.0. The molecule has 0 saturated carbocycles. The first-order valence-corrected chi connectivity index (χ1v) is 12.7. The van der Waals surface area contributed by atoms with Crippen LogP contribution in [0.1, 0.15) is 21.5 Å². The first-order chi connectivity index (χ1) is 19.4. The maximum Gasteiger partial charge on any atom is 0.343 e. The van der Waals surface area contributed by atoms with Gasteiger partial charge in [0, 0.05) is 0 Å². The van der Waals surface area contributed by atoms with E-state index in [1.54, 1.807) is 42.5 Å². The molecule has 0 heterocycles. The van der Waals surface area contributed by atoms with Gasteiger partial charge in [0.05, 0.1) is 28.9 Å². The Hall–Kier alpha value is -4.53. The van der Waals surface area contributed by atoms with Crippen LogP contribution in [0.2, 0.25) is 10.0 Å². The number of nitrogens with one attached hydrogen (secondary N) is 1. The molecule has 0 aromatic heterocycles. The Morgan fingerprint density at radius 2 is 1.55 bits per heavy atom. The van der Waals surface area contributed by atoms with Crippen LogP contribution in [-0.4, -0.2) is 31.8 Å². The summed E-state index contributed by atoms with van der Waals surface area (Å²) in [5.41, 5.74) is 4.30. The molecule has 4 aromatic carbocycles. The van der Waals surface area contributed by atoms with Gasteiger partial charge in [0.25, 0.3) is 5.91 Å². The number of esters is 1. The number of amides is 1. The van der Waals surface area contributed by atoms with Gasteiger partial charge in [-0.25, -0.2) is 10.2 Å². The molecule has 40 heavy (non-hydrogen) atoms. The summed E-state index contributed by atoms with van der Waals surface area (Å²) in [5, 5.41) is 4.51. The molecule has 0 aliphatic carbocycles. The summed E-state index contributed by atoms with van der Waals surface area (Å²) >= 11 is 11.9. The van der Waals surface area contributed by atoms with Crippen molar-refractivity contribution >= 4 is 41.3 Å². The summed E-state index contributed by atoms with van der Waals surface area (Å²) in [5.74, 6) is 0.630. The lowest BCUT2D eigenvalue weighted by Gasteiger charge is -2.10. The Labute approximate surface area is 241 Å². The zero-order valence-electron chi connectivity index (χ0n) is 21.3. The second-order valence-electron chi connectivity index (χ2n) is 8.26. The topological polar surface area (TPSA) is 95.5 Å². The number of rotatable bonds is 11. The van der Waals surface area contributed by atoms with Crippen LogP contribution in [0, 0.1) is 0 Å². The van der Waals surface area contributed by atoms with Crippen LogP contribution in [0.5, 0.6) is 23.0 Å². The summed E-state index contributed by atoms with van der Waals surface area (Å²) in [7, 11) is 1.44. The van der Waals surface area contributed by atoms with E-state index >= 15 is 0 Å². The van der Waals surface area contributed by atoms with E-state index in [2.05, 4.69) is 10.5 Å². The third kappa shape index (κ3) is 8.23. The largest absolute Gasteiger partial charge is 0.493 e. The summed E-state index contributed by atoms with van der Waals surface area (Å²) in [6.45, 7) is 0.231. The van der Waals surface area contributed by atoms with Crippen LogP contribution in [-0.2, 0) is 11.4 Å². The average Bonchev–Trinajstić information content (AvgIpc) is 2.98. The number of ether oxygens (including phenoxy) is 4. The molecule has 4 aromatic rings. The molecule has 0 aliphatic heterocycles. The van der Waals surface area contributed by atoms with Crippen molar-refractivity contribution in [2.75, 3.05) is 13.7 Å². The molecule has 1 amide bonds. The molecule has 0 unspecified atom stereocenters. The molecule has 8 nitrogen and oxygen atoms in total. The summed E-state index contributed by atoms with van der Waals surface area (Å²) in [6.07, 6.45) is 1.42. The minimum absolute atomic E-state index is 0.199. The van der Waals surface area contributed by atoms with E-state index in [1.165, 1.54) is 31.5 Å². The summed E-state index contributed by atoms with van der Waals surface area (Å²) in [4.78, 5) is 24.6. The van der Waals surface area contributed by atoms with Gasteiger partial charge in [0.2, 0.25) is 0 Å². The molecule has 204 valence electrons. The Morgan fingerprint density at radius 1 is 0.825 bits per heavy atom. The highest BCUT2D eigenvalue weighted by molar-refractivity contribution is 6.42. The van der Waals surface area contributed by atoms with Crippen LogP contribution >= 0.6 is 23.2 Å². The molecular weight excluding hydrogens is 555 g/mol. The normalized spacial score (nSPS) is 10.7. The number of hydrogen-bond donors (Lipinski definition) is 1. The Morgan fingerprint density at radius 3 is 2.25 bits per heavy atom. The molecule has 0 aliphatic rings. The predicted molar refractivity (Wildman–Crippen MR) is 153 cm³/mol. The van der Waals surface area contributed by atoms with Gasteiger partial charge in [-0.05, 0) is 71.8 Å². The first-order valence-electron chi connectivity index (χ1n) is 12.0. The highest BCUT2D eigenvalue weighted by Crippen LogP contribution is 2.29. The third-order valence-electron chi connectivity index (χ3n) is 5.39. The fourth-order valence-electron chi connectivity index (χ4n) is 3.36. The Kier molecular flexibility index (Phi) is 9.99. The number of carbonyl (C=O) groups excluding carboxylic acids is 2. The fraction of sp³-hybridized carbons (Fsp3) is 0.100. The summed E-state index contributed by atoms with van der Waals surface area (Å²) < 4.78 is 22.0. The number of methoxy groups -OCH3 is 1. The molecule has 4 rings (SSSR count). The van der Waals surface area contributed by atoms with Crippen molar-refractivity contribution in [3.8, 4) is 23.0 Å². The van der Waals surface area contributed by atoms with Gasteiger partial charge in [0.15, 0.2) is 18.1 Å². The van der Waals surface area contributed by atoms with Crippen molar-refractivity contribution in [3.63, 3.8) is 0 Å². The maximum absolute atomic E-state index is 12.5. The highest BCUT2D eigenvalue weighted by atomic mass is 35.5. The molecule has 0 fully saturated rings. The molecule has 0 saturated heterocycles. The zero-order valence-corrected chi connectivity index (χ0v) is 22.8. The van der Waals surface area contributed by atoms with Gasteiger partial charge in [-0.3, -0.25) is 4.79 Å². The number of nitrogens with zero attached hydrogens (tertiary/aromatic N) is 1. The van der Waals surface area contributed by atoms with Crippen LogP contribution < -0.4 is 24.4 Å². The monoisotopic (exact) mass is 578 g/mol. The minimum atomic E-state index is -0.625. The standard InChI is InChI=1S/C30H24Cl2N2O6/c1-37-28-15-21(7-14-27(28)40-30(36)22-8-13-25(31)26(32)16-22)17-33-34-29(35)19-39-24-11-9-23(10-12-24)38-18-20-5-3-2-4-6-20/h2-17H,18-19H2,1H3,(H,34,35). The molecule has 0 bridgehead atoms. The molecule has 0 radical (unpaired) electrons. The van der Waals surface area contributed by atoms with Crippen molar-refractivity contribution in [3.05, 3.63) is 118 Å². The third-order valence-corrected chi connectivity index (χ3v) is 6.13. The fourth-order valence-corrected chi connectivity index (χ4v) is 3.66. The van der Waals surface area contributed by atoms with E-state index < -0.39 is 11.9 Å². The van der Waals surface area contributed by atoms with E-state index in [1.807, 2.05) is 30.3 Å². The van der Waals surface area contributed by atoms with Crippen molar-refractivity contribution in [2.24, 2.45) is 5.10 Å². The average molecular weight is 579 g/mol. The van der Waals surface area contributed by atoms with Gasteiger partial charge >= 0.3 is 5.97 Å². The Balaban J connectivity index is 1.24. The highest BCUT2D eigenvalue weighted by Gasteiger charge is 2.14. The van der Waals surface area contributed by atoms with Crippen molar-refractivity contribution in [1.29, 1.82) is 0 Å². The lowest BCUT2D eigenvalue weighted by atomic mass is 10.2. The van der Waals surface area contributed by atoms with Crippen LogP contribution in [0.3, 0.4) is 0 Å². The SMILES string of the molecule is COc1cc(C=NNC(=O)COc2ccc(OCc3ccccc3)cc2)ccc1OC(=O)c1ccc(Cl)c(Cl)c1. The molecular formula is C30H24Cl2N2O6. The van der Waals surface area contributed by atoms with Gasteiger partial charge in [-0.1, -0.05) is 53.5 Å². The molecule has 1 N–H and O–H groups in total. The number of carbonyl (C=O) groups is 2. The van der Waals surface area contributed by atoms with Crippen LogP contribution in [0.4, 0.5) is 0 Å². The summed E-state index contributed by atoms with van der Waals surface area (Å²) in [6, 6.07) is 26.1. The van der Waals surface area contributed by atoms with Crippen LogP contribution in [0.25, 0.3) is 0 Å². The van der Waals surface area contributed by atoms with E-state index in [-0.39, 0.29) is 22.9 Å². The van der Waals surface area contributed by atoms with Gasteiger partial charge < -0.3 is 18.9 Å². The molecule has 0 spiro atoms. The minimum Gasteiger partial charge on any atom is -0.493 e. The number of halogens is 2. The number of benzene rings is 4. The number of hydrogen-bond acceptors (Lipinski definition) is 7. The maximum atomic E-state index is 12.5. The van der Waals surface area contributed by atoms with Crippen molar-refractivity contribution in [1.82, 2.24) is 5.43 Å². The smallest absolute Gasteiger partial charge is 0.343 e. The van der Waals surface area contributed by atoms with Gasteiger partial charge in [0.1, 0.15) is 18.1 Å². The first kappa shape index (κ1) is 28.5. The lowest BCUT2D eigenvalue weighted by Crippen LogP contribution is -2.24. The predicted octanol–water partition coefficient (Wildman–Crippen LogP) is 6.33. The second-order valence-corrected chi connectivity index (χ2v) is 9.07. The van der Waals surface area contributed by atoms with Crippen molar-refractivity contribution in [2.45, 2.75) is 6.61 Å². The zero-order chi connectivity index (χ0) is 28.3. The van der Waals surface area contributed by atoms with Gasteiger partial charge in [-0.15, -0.1) is 0 Å². The van der Waals surface area contributed by atoms with Crippen LogP contribution in [0.15, 0.2) is 96.1 Å². The van der Waals surface area contributed by atoms with E-state index in [4.69, 9.17) is 42.1 Å². The van der Waals surface area contributed by atoms with E-state index in [9.17, 15) is 9.59 Å².